The minimum atomic E-state index is -3.86. The van der Waals surface area contributed by atoms with E-state index in [0.717, 1.165) is 25.7 Å². The molecule has 0 aliphatic carbocycles. The van der Waals surface area contributed by atoms with E-state index in [1.165, 1.54) is 0 Å². The van der Waals surface area contributed by atoms with Gasteiger partial charge < -0.3 is 4.74 Å². The van der Waals surface area contributed by atoms with E-state index in [0.29, 0.717) is 0 Å². The number of carbonyl (C=O) groups excluding carboxylic acids is 1. The summed E-state index contributed by atoms with van der Waals surface area (Å²) < 4.78 is 32.4. The molecule has 0 spiro atoms. The van der Waals surface area contributed by atoms with E-state index in [1.807, 2.05) is 4.72 Å². The molecule has 19 heavy (non-hydrogen) atoms. The monoisotopic (exact) mass is 294 g/mol. The Morgan fingerprint density at radius 2 is 1.84 bits per heavy atom. The van der Waals surface area contributed by atoms with E-state index in [-0.39, 0.29) is 6.04 Å². The largest absolute Gasteiger partial charge is 0.443 e. The summed E-state index contributed by atoms with van der Waals surface area (Å²) in [5, 5.41) is 0. The molecule has 0 aromatic carbocycles. The Bertz CT molecular complexity index is 374. The molecule has 2 N–H and O–H groups in total. The smallest absolute Gasteiger partial charge is 0.422 e. The number of rotatable bonds is 7. The molecule has 0 fully saturated rings. The molecule has 1 atom stereocenters. The van der Waals surface area contributed by atoms with Crippen LogP contribution in [0.1, 0.15) is 60.3 Å². The van der Waals surface area contributed by atoms with Crippen LogP contribution in [-0.4, -0.2) is 26.2 Å². The molecule has 6 nitrogen and oxygen atoms in total. The van der Waals surface area contributed by atoms with Crippen molar-refractivity contribution >= 4 is 16.3 Å². The molecule has 1 amide bonds. The number of nitrogens with one attached hydrogen (secondary N) is 2. The van der Waals surface area contributed by atoms with Crippen molar-refractivity contribution in [1.29, 1.82) is 0 Å². The number of amides is 1. The van der Waals surface area contributed by atoms with Gasteiger partial charge in [-0.1, -0.05) is 26.2 Å². The Balaban J connectivity index is 4.21. The maximum Gasteiger partial charge on any atom is 0.422 e. The van der Waals surface area contributed by atoms with E-state index in [1.54, 1.807) is 27.7 Å². The second-order valence-electron chi connectivity index (χ2n) is 5.62. The Labute approximate surface area is 116 Å². The average Bonchev–Trinajstić information content (AvgIpc) is 2.12. The van der Waals surface area contributed by atoms with Crippen molar-refractivity contribution in [2.75, 3.05) is 0 Å². The third kappa shape index (κ3) is 10.8. The molecule has 0 aliphatic rings. The van der Waals surface area contributed by atoms with Gasteiger partial charge in [0.2, 0.25) is 0 Å². The fourth-order valence-corrected chi connectivity index (χ4v) is 2.43. The molecule has 0 radical (unpaired) electrons. The zero-order valence-electron chi connectivity index (χ0n) is 12.4. The van der Waals surface area contributed by atoms with Gasteiger partial charge in [0.15, 0.2) is 0 Å². The Kier molecular flexibility index (Phi) is 7.36. The van der Waals surface area contributed by atoms with Crippen LogP contribution >= 0.6 is 0 Å². The van der Waals surface area contributed by atoms with E-state index in [9.17, 15) is 13.2 Å². The van der Waals surface area contributed by atoms with Gasteiger partial charge in [-0.2, -0.15) is 13.1 Å². The highest BCUT2D eigenvalue weighted by atomic mass is 32.2. The SMILES string of the molecule is CCCCCC(C)NS(=O)(=O)NC(=O)OC(C)(C)C. The van der Waals surface area contributed by atoms with E-state index >= 15 is 0 Å². The summed E-state index contributed by atoms with van der Waals surface area (Å²) in [6, 6.07) is -0.216. The molecule has 0 heterocycles. The van der Waals surface area contributed by atoms with Gasteiger partial charge in [0.1, 0.15) is 5.60 Å². The van der Waals surface area contributed by atoms with Crippen molar-refractivity contribution in [1.82, 2.24) is 9.44 Å². The van der Waals surface area contributed by atoms with Gasteiger partial charge in [-0.25, -0.2) is 9.52 Å². The highest BCUT2D eigenvalue weighted by Crippen LogP contribution is 2.07. The van der Waals surface area contributed by atoms with Crippen LogP contribution in [0.5, 0.6) is 0 Å². The lowest BCUT2D eigenvalue weighted by Gasteiger charge is -2.20. The molecule has 0 aromatic heterocycles. The molecule has 0 aliphatic heterocycles. The van der Waals surface area contributed by atoms with Crippen LogP contribution in [-0.2, 0) is 14.9 Å². The van der Waals surface area contributed by atoms with Gasteiger partial charge in [-0.05, 0) is 34.1 Å². The summed E-state index contributed by atoms with van der Waals surface area (Å²) in [6.07, 6.45) is 2.86. The minimum Gasteiger partial charge on any atom is -0.443 e. The molecule has 0 saturated carbocycles. The number of hydrogen-bond acceptors (Lipinski definition) is 4. The zero-order chi connectivity index (χ0) is 15.1. The lowest BCUT2D eigenvalue weighted by molar-refractivity contribution is 0.0569. The maximum atomic E-state index is 11.6. The van der Waals surface area contributed by atoms with Gasteiger partial charge in [0.05, 0.1) is 0 Å². The second-order valence-corrected chi connectivity index (χ2v) is 7.07. The van der Waals surface area contributed by atoms with E-state index in [4.69, 9.17) is 4.74 Å². The zero-order valence-corrected chi connectivity index (χ0v) is 13.3. The summed E-state index contributed by atoms with van der Waals surface area (Å²) in [4.78, 5) is 11.4. The van der Waals surface area contributed by atoms with Crippen molar-refractivity contribution in [2.24, 2.45) is 0 Å². The van der Waals surface area contributed by atoms with Crippen LogP contribution in [0.15, 0.2) is 0 Å². The van der Waals surface area contributed by atoms with Crippen LogP contribution < -0.4 is 9.44 Å². The third-order valence-corrected chi connectivity index (χ3v) is 3.36. The van der Waals surface area contributed by atoms with Crippen molar-refractivity contribution in [3.05, 3.63) is 0 Å². The number of carbonyl (C=O) groups is 1. The number of hydrogen-bond donors (Lipinski definition) is 2. The Morgan fingerprint density at radius 3 is 2.32 bits per heavy atom. The van der Waals surface area contributed by atoms with Crippen LogP contribution in [0.4, 0.5) is 4.79 Å². The van der Waals surface area contributed by atoms with Crippen LogP contribution in [0.25, 0.3) is 0 Å². The summed E-state index contributed by atoms with van der Waals surface area (Å²) in [6.45, 7) is 8.85. The van der Waals surface area contributed by atoms with E-state index in [2.05, 4.69) is 11.6 Å². The van der Waals surface area contributed by atoms with Crippen LogP contribution in [0.3, 0.4) is 0 Å². The predicted molar refractivity (Wildman–Crippen MR) is 75.0 cm³/mol. The maximum absolute atomic E-state index is 11.6. The Hall–Kier alpha value is -0.820. The standard InChI is InChI=1S/C12H26N2O4S/c1-6-7-8-9-10(2)13-19(16,17)14-11(15)18-12(3,4)5/h10,13H,6-9H2,1-5H3,(H,14,15). The molecular weight excluding hydrogens is 268 g/mol. The molecule has 0 saturated heterocycles. The first-order valence-corrected chi connectivity index (χ1v) is 8.07. The average molecular weight is 294 g/mol. The highest BCUT2D eigenvalue weighted by Gasteiger charge is 2.22. The van der Waals surface area contributed by atoms with Gasteiger partial charge in [0.25, 0.3) is 0 Å². The lowest BCUT2D eigenvalue weighted by Crippen LogP contribution is -2.45. The first kappa shape index (κ1) is 18.2. The first-order valence-electron chi connectivity index (χ1n) is 6.59. The van der Waals surface area contributed by atoms with Gasteiger partial charge >= 0.3 is 16.3 Å². The molecule has 0 bridgehead atoms. The summed E-state index contributed by atoms with van der Waals surface area (Å²) >= 11 is 0. The molecule has 0 aromatic rings. The minimum absolute atomic E-state index is 0.216. The van der Waals surface area contributed by atoms with Gasteiger partial charge in [-0.3, -0.25) is 0 Å². The fraction of sp³-hybridized carbons (Fsp3) is 0.917. The van der Waals surface area contributed by atoms with Crippen molar-refractivity contribution in [3.63, 3.8) is 0 Å². The number of unbranched alkanes of at least 4 members (excludes halogenated alkanes) is 2. The molecular formula is C12H26N2O4S. The molecule has 1 unspecified atom stereocenters. The van der Waals surface area contributed by atoms with E-state index < -0.39 is 21.9 Å². The molecule has 114 valence electrons. The summed E-state index contributed by atoms with van der Waals surface area (Å²) in [5.74, 6) is 0. The van der Waals surface area contributed by atoms with Crippen molar-refractivity contribution in [3.8, 4) is 0 Å². The van der Waals surface area contributed by atoms with Gasteiger partial charge in [0, 0.05) is 6.04 Å². The summed E-state index contributed by atoms with van der Waals surface area (Å²) in [7, 11) is -3.86. The third-order valence-electron chi connectivity index (χ3n) is 2.21. The van der Waals surface area contributed by atoms with Gasteiger partial charge in [-0.15, -0.1) is 0 Å². The summed E-state index contributed by atoms with van der Waals surface area (Å²) in [5.41, 5.74) is -0.730. The molecule has 0 rings (SSSR count). The first-order chi connectivity index (χ1) is 8.56. The number of ether oxygens (including phenoxy) is 1. The second kappa shape index (κ2) is 7.69. The predicted octanol–water partition coefficient (Wildman–Crippen LogP) is 2.31. The quantitative estimate of drug-likeness (QED) is 0.706. The van der Waals surface area contributed by atoms with Crippen molar-refractivity contribution in [2.45, 2.75) is 71.9 Å². The van der Waals surface area contributed by atoms with Crippen LogP contribution in [0.2, 0.25) is 0 Å². The normalized spacial score (nSPS) is 13.9. The van der Waals surface area contributed by atoms with Crippen molar-refractivity contribution < 1.29 is 17.9 Å². The molecule has 7 heteroatoms. The highest BCUT2D eigenvalue weighted by molar-refractivity contribution is 7.88. The fourth-order valence-electron chi connectivity index (χ4n) is 1.46. The lowest BCUT2D eigenvalue weighted by atomic mass is 10.1. The Morgan fingerprint density at radius 1 is 1.26 bits per heavy atom. The van der Waals surface area contributed by atoms with Crippen LogP contribution in [0, 0.1) is 0 Å². The topological polar surface area (TPSA) is 84.5 Å².